The lowest BCUT2D eigenvalue weighted by molar-refractivity contribution is -0.121. The summed E-state index contributed by atoms with van der Waals surface area (Å²) in [5.74, 6) is -1.22. The van der Waals surface area contributed by atoms with Gasteiger partial charge in [0.1, 0.15) is 0 Å². The number of ether oxygens (including phenoxy) is 1. The number of hydrogen-bond donors (Lipinski definition) is 0. The van der Waals surface area contributed by atoms with E-state index in [0.29, 0.717) is 17.3 Å². The van der Waals surface area contributed by atoms with E-state index in [1.54, 1.807) is 30.3 Å². The molecule has 0 bridgehead atoms. The lowest BCUT2D eigenvalue weighted by atomic mass is 10.2. The maximum absolute atomic E-state index is 13.0. The summed E-state index contributed by atoms with van der Waals surface area (Å²) in [6.07, 6.45) is 3.70. The van der Waals surface area contributed by atoms with Gasteiger partial charge in [-0.3, -0.25) is 4.79 Å². The summed E-state index contributed by atoms with van der Waals surface area (Å²) in [4.78, 5) is 27.0. The monoisotopic (exact) mass is 428 g/mol. The fourth-order valence-corrected chi connectivity index (χ4v) is 5.25. The molecular formula is C22H24N2O5S. The standard InChI is InChI=1S/C22H24N2O5S/c1-15-12-20(16(2)23(15)18-8-9-18)22(26)29-13-21(25)24(17-6-4-3-5-7-17)19-10-11-30(27,28)14-19/h3-7,10-12,18-19H,8-9,13-14H2,1-2H3. The van der Waals surface area contributed by atoms with Crippen molar-refractivity contribution in [3.8, 4) is 0 Å². The number of esters is 1. The SMILES string of the molecule is Cc1cc(C(=O)OCC(=O)N(c2ccccc2)C2C=CS(=O)(=O)C2)c(C)n1C1CC1. The molecule has 2 heterocycles. The molecule has 158 valence electrons. The van der Waals surface area contributed by atoms with Gasteiger partial charge in [-0.25, -0.2) is 13.2 Å². The molecule has 1 aliphatic carbocycles. The summed E-state index contributed by atoms with van der Waals surface area (Å²) in [5.41, 5.74) is 2.86. The van der Waals surface area contributed by atoms with Gasteiger partial charge in [-0.1, -0.05) is 18.2 Å². The topological polar surface area (TPSA) is 85.7 Å². The summed E-state index contributed by atoms with van der Waals surface area (Å²) in [7, 11) is -3.35. The molecule has 4 rings (SSSR count). The Balaban J connectivity index is 1.50. The van der Waals surface area contributed by atoms with Gasteiger partial charge in [-0.05, 0) is 51.0 Å². The number of aromatic nitrogens is 1. The second kappa shape index (κ2) is 7.75. The fraction of sp³-hybridized carbons (Fsp3) is 0.364. The average molecular weight is 429 g/mol. The van der Waals surface area contributed by atoms with E-state index in [4.69, 9.17) is 4.74 Å². The van der Waals surface area contributed by atoms with Gasteiger partial charge >= 0.3 is 5.97 Å². The highest BCUT2D eigenvalue weighted by atomic mass is 32.2. The number of benzene rings is 1. The fourth-order valence-electron chi connectivity index (χ4n) is 3.98. The van der Waals surface area contributed by atoms with Crippen LogP contribution in [0.15, 0.2) is 47.9 Å². The maximum Gasteiger partial charge on any atom is 0.340 e. The van der Waals surface area contributed by atoms with Crippen LogP contribution in [0.2, 0.25) is 0 Å². The number of para-hydroxylation sites is 1. The van der Waals surface area contributed by atoms with Crippen molar-refractivity contribution in [2.24, 2.45) is 0 Å². The molecule has 0 radical (unpaired) electrons. The van der Waals surface area contributed by atoms with E-state index in [0.717, 1.165) is 29.6 Å². The van der Waals surface area contributed by atoms with E-state index in [1.807, 2.05) is 19.9 Å². The van der Waals surface area contributed by atoms with Crippen LogP contribution >= 0.6 is 0 Å². The first kappa shape index (κ1) is 20.4. The molecule has 1 atom stereocenters. The Labute approximate surface area is 175 Å². The molecule has 8 heteroatoms. The molecule has 1 aromatic heterocycles. The number of nitrogens with zero attached hydrogens (tertiary/aromatic N) is 2. The third kappa shape index (κ3) is 4.05. The minimum absolute atomic E-state index is 0.190. The third-order valence-electron chi connectivity index (χ3n) is 5.49. The van der Waals surface area contributed by atoms with Crippen molar-refractivity contribution < 1.29 is 22.7 Å². The molecule has 1 unspecified atom stereocenters. The first-order valence-electron chi connectivity index (χ1n) is 9.90. The molecule has 30 heavy (non-hydrogen) atoms. The predicted octanol–water partition coefficient (Wildman–Crippen LogP) is 2.94. The van der Waals surface area contributed by atoms with Crippen molar-refractivity contribution in [1.29, 1.82) is 0 Å². The van der Waals surface area contributed by atoms with Gasteiger partial charge in [0, 0.05) is 28.5 Å². The second-order valence-corrected chi connectivity index (χ2v) is 9.72. The Morgan fingerprint density at radius 2 is 1.87 bits per heavy atom. The van der Waals surface area contributed by atoms with Crippen molar-refractivity contribution in [2.75, 3.05) is 17.3 Å². The quantitative estimate of drug-likeness (QED) is 0.661. The minimum atomic E-state index is -3.35. The van der Waals surface area contributed by atoms with Crippen LogP contribution in [0, 0.1) is 13.8 Å². The van der Waals surface area contributed by atoms with Crippen molar-refractivity contribution in [3.63, 3.8) is 0 Å². The summed E-state index contributed by atoms with van der Waals surface area (Å²) in [6, 6.07) is 10.4. The van der Waals surface area contributed by atoms with E-state index < -0.39 is 34.4 Å². The molecule has 1 amide bonds. The molecule has 0 N–H and O–H groups in total. The van der Waals surface area contributed by atoms with Crippen molar-refractivity contribution in [3.05, 3.63) is 64.8 Å². The zero-order chi connectivity index (χ0) is 21.5. The molecule has 2 aliphatic rings. The van der Waals surface area contributed by atoms with Crippen molar-refractivity contribution in [2.45, 2.75) is 38.8 Å². The zero-order valence-electron chi connectivity index (χ0n) is 16.9. The van der Waals surface area contributed by atoms with E-state index >= 15 is 0 Å². The lowest BCUT2D eigenvalue weighted by Crippen LogP contribution is -2.43. The van der Waals surface area contributed by atoms with Crippen LogP contribution < -0.4 is 4.90 Å². The number of aryl methyl sites for hydroxylation is 1. The van der Waals surface area contributed by atoms with Gasteiger partial charge in [0.25, 0.3) is 5.91 Å². The lowest BCUT2D eigenvalue weighted by Gasteiger charge is -2.27. The van der Waals surface area contributed by atoms with Crippen LogP contribution in [0.25, 0.3) is 0 Å². The van der Waals surface area contributed by atoms with Crippen LogP contribution in [0.3, 0.4) is 0 Å². The Hall–Kier alpha value is -2.87. The molecule has 1 aromatic carbocycles. The average Bonchev–Trinajstić information content (AvgIpc) is 3.41. The van der Waals surface area contributed by atoms with Crippen LogP contribution in [0.4, 0.5) is 5.69 Å². The van der Waals surface area contributed by atoms with Gasteiger partial charge < -0.3 is 14.2 Å². The third-order valence-corrected chi connectivity index (χ3v) is 6.87. The van der Waals surface area contributed by atoms with Crippen molar-refractivity contribution in [1.82, 2.24) is 4.57 Å². The maximum atomic E-state index is 13.0. The number of rotatable bonds is 6. The first-order chi connectivity index (χ1) is 14.3. The smallest absolute Gasteiger partial charge is 0.340 e. The largest absolute Gasteiger partial charge is 0.452 e. The molecule has 1 aliphatic heterocycles. The molecule has 1 fully saturated rings. The molecule has 0 spiro atoms. The minimum Gasteiger partial charge on any atom is -0.452 e. The highest BCUT2D eigenvalue weighted by Crippen LogP contribution is 2.38. The van der Waals surface area contributed by atoms with Crippen molar-refractivity contribution >= 4 is 27.4 Å². The Morgan fingerprint density at radius 1 is 1.17 bits per heavy atom. The number of anilines is 1. The van der Waals surface area contributed by atoms with Gasteiger partial charge in [-0.15, -0.1) is 0 Å². The number of sulfone groups is 1. The Kier molecular flexibility index (Phi) is 5.27. The Morgan fingerprint density at radius 3 is 2.47 bits per heavy atom. The van der Waals surface area contributed by atoms with E-state index in [-0.39, 0.29) is 5.75 Å². The second-order valence-electron chi connectivity index (χ2n) is 7.79. The summed E-state index contributed by atoms with van der Waals surface area (Å²) in [5, 5.41) is 1.12. The molecule has 1 saturated carbocycles. The van der Waals surface area contributed by atoms with Crippen LogP contribution in [-0.2, 0) is 19.4 Å². The first-order valence-corrected chi connectivity index (χ1v) is 11.6. The summed E-state index contributed by atoms with van der Waals surface area (Å²) >= 11 is 0. The highest BCUT2D eigenvalue weighted by Gasteiger charge is 2.33. The normalized spacial score (nSPS) is 19.6. The van der Waals surface area contributed by atoms with E-state index in [1.165, 1.54) is 11.0 Å². The predicted molar refractivity (Wildman–Crippen MR) is 113 cm³/mol. The van der Waals surface area contributed by atoms with E-state index in [2.05, 4.69) is 4.57 Å². The van der Waals surface area contributed by atoms with Crippen LogP contribution in [0.1, 0.15) is 40.6 Å². The number of hydrogen-bond acceptors (Lipinski definition) is 5. The highest BCUT2D eigenvalue weighted by molar-refractivity contribution is 7.94. The molecule has 7 nitrogen and oxygen atoms in total. The number of amides is 1. The zero-order valence-corrected chi connectivity index (χ0v) is 17.8. The van der Waals surface area contributed by atoms with Crippen LogP contribution in [0.5, 0.6) is 0 Å². The van der Waals surface area contributed by atoms with Gasteiger partial charge in [-0.2, -0.15) is 0 Å². The molecular weight excluding hydrogens is 404 g/mol. The number of carbonyl (C=O) groups excluding carboxylic acids is 2. The van der Waals surface area contributed by atoms with Gasteiger partial charge in [0.05, 0.1) is 17.4 Å². The molecule has 0 saturated heterocycles. The summed E-state index contributed by atoms with van der Waals surface area (Å²) in [6.45, 7) is 3.37. The molecule has 2 aromatic rings. The number of carbonyl (C=O) groups is 2. The van der Waals surface area contributed by atoms with Gasteiger partial charge in [0.15, 0.2) is 16.4 Å². The van der Waals surface area contributed by atoms with Gasteiger partial charge in [0.2, 0.25) is 0 Å². The summed E-state index contributed by atoms with van der Waals surface area (Å²) < 4.78 is 31.2. The Bertz CT molecular complexity index is 1110. The van der Waals surface area contributed by atoms with E-state index in [9.17, 15) is 18.0 Å². The van der Waals surface area contributed by atoms with Crippen LogP contribution in [-0.4, -0.2) is 43.3 Å².